The molecule has 2 heterocycles. The average Bonchev–Trinajstić information content (AvgIpc) is 2.84. The zero-order valence-electron chi connectivity index (χ0n) is 9.38. The molecule has 1 unspecified atom stereocenters. The van der Waals surface area contributed by atoms with Gasteiger partial charge in [-0.1, -0.05) is 12.1 Å². The molecule has 3 aromatic rings. The Kier molecular flexibility index (Phi) is 2.78. The van der Waals surface area contributed by atoms with E-state index in [9.17, 15) is 5.11 Å². The molecule has 0 bridgehead atoms. The van der Waals surface area contributed by atoms with Crippen LogP contribution >= 0.6 is 11.6 Å². The molecule has 0 saturated carbocycles. The first kappa shape index (κ1) is 11.3. The topological polar surface area (TPSA) is 46.3 Å². The molecule has 0 amide bonds. The highest BCUT2D eigenvalue weighted by molar-refractivity contribution is 6.28. The van der Waals surface area contributed by atoms with Gasteiger partial charge < -0.3 is 9.52 Å². The molecule has 90 valence electrons. The molecule has 0 spiro atoms. The van der Waals surface area contributed by atoms with E-state index in [1.54, 1.807) is 18.3 Å². The molecule has 3 nitrogen and oxygen atoms in total. The van der Waals surface area contributed by atoms with Gasteiger partial charge in [-0.2, -0.15) is 0 Å². The van der Waals surface area contributed by atoms with Crippen molar-refractivity contribution in [3.8, 4) is 0 Å². The van der Waals surface area contributed by atoms with E-state index in [0.717, 1.165) is 16.5 Å². The molecule has 1 N–H and O–H groups in total. The number of hydrogen-bond donors (Lipinski definition) is 1. The average molecular weight is 260 g/mol. The summed E-state index contributed by atoms with van der Waals surface area (Å²) >= 11 is 5.70. The maximum absolute atomic E-state index is 10.2. The minimum absolute atomic E-state index is 0.270. The van der Waals surface area contributed by atoms with Gasteiger partial charge in [0.2, 0.25) is 0 Å². The summed E-state index contributed by atoms with van der Waals surface area (Å²) in [7, 11) is 0. The van der Waals surface area contributed by atoms with Gasteiger partial charge in [-0.25, -0.2) is 0 Å². The number of rotatable bonds is 2. The van der Waals surface area contributed by atoms with E-state index in [4.69, 9.17) is 16.0 Å². The highest BCUT2D eigenvalue weighted by Gasteiger charge is 2.14. The van der Waals surface area contributed by atoms with Gasteiger partial charge in [-0.05, 0) is 47.5 Å². The minimum atomic E-state index is -0.817. The first-order valence-corrected chi connectivity index (χ1v) is 5.90. The van der Waals surface area contributed by atoms with E-state index in [1.165, 1.54) is 0 Å². The second-order valence-corrected chi connectivity index (χ2v) is 4.37. The fourth-order valence-electron chi connectivity index (χ4n) is 1.90. The van der Waals surface area contributed by atoms with Crippen molar-refractivity contribution in [2.75, 3.05) is 0 Å². The summed E-state index contributed by atoms with van der Waals surface area (Å²) in [6.07, 6.45) is 0.923. The summed E-state index contributed by atoms with van der Waals surface area (Å²) in [5.41, 5.74) is 1.65. The molecule has 4 heteroatoms. The zero-order valence-corrected chi connectivity index (χ0v) is 10.1. The lowest BCUT2D eigenvalue weighted by atomic mass is 10.0. The van der Waals surface area contributed by atoms with Crippen molar-refractivity contribution >= 4 is 22.5 Å². The summed E-state index contributed by atoms with van der Waals surface area (Å²) in [6, 6.07) is 12.7. The van der Waals surface area contributed by atoms with Gasteiger partial charge in [0, 0.05) is 11.6 Å². The van der Waals surface area contributed by atoms with Crippen molar-refractivity contribution in [2.45, 2.75) is 6.10 Å². The van der Waals surface area contributed by atoms with Gasteiger partial charge in [0.25, 0.3) is 0 Å². The molecule has 1 atom stereocenters. The van der Waals surface area contributed by atoms with Crippen LogP contribution in [0.3, 0.4) is 0 Å². The predicted octanol–water partition coefficient (Wildman–Crippen LogP) is 3.56. The van der Waals surface area contributed by atoms with Crippen LogP contribution in [0.4, 0.5) is 0 Å². The van der Waals surface area contributed by atoms with Crippen molar-refractivity contribution in [3.05, 3.63) is 65.2 Å². The van der Waals surface area contributed by atoms with E-state index in [0.29, 0.717) is 5.76 Å². The van der Waals surface area contributed by atoms with Crippen molar-refractivity contribution in [3.63, 3.8) is 0 Å². The lowest BCUT2D eigenvalue weighted by Crippen LogP contribution is -1.97. The number of halogens is 1. The summed E-state index contributed by atoms with van der Waals surface area (Å²) in [6.45, 7) is 0. The smallest absolute Gasteiger partial charge is 0.193 e. The van der Waals surface area contributed by atoms with Crippen LogP contribution in [0.2, 0.25) is 5.22 Å². The molecule has 0 saturated heterocycles. The number of fused-ring (bicyclic) bond motifs is 1. The number of hydrogen-bond acceptors (Lipinski definition) is 3. The third kappa shape index (κ3) is 1.98. The number of nitrogens with zero attached hydrogens (tertiary/aromatic N) is 1. The van der Waals surface area contributed by atoms with Crippen LogP contribution in [0.1, 0.15) is 17.4 Å². The predicted molar refractivity (Wildman–Crippen MR) is 69.5 cm³/mol. The number of benzene rings is 1. The number of furan rings is 1. The third-order valence-electron chi connectivity index (χ3n) is 2.81. The van der Waals surface area contributed by atoms with Crippen LogP contribution in [-0.4, -0.2) is 10.1 Å². The molecular formula is C14H10ClNO2. The van der Waals surface area contributed by atoms with Crippen LogP contribution < -0.4 is 0 Å². The standard InChI is InChI=1S/C14H10ClNO2/c15-13-6-5-12(18-13)14(17)10-3-4-11-9(8-10)2-1-7-16-11/h1-8,14,17H. The Morgan fingerprint density at radius 3 is 2.83 bits per heavy atom. The number of pyridine rings is 1. The lowest BCUT2D eigenvalue weighted by Gasteiger charge is -2.08. The summed E-state index contributed by atoms with van der Waals surface area (Å²) in [5, 5.41) is 11.4. The van der Waals surface area contributed by atoms with Crippen LogP contribution in [0.25, 0.3) is 10.9 Å². The number of aliphatic hydroxyl groups is 1. The van der Waals surface area contributed by atoms with Gasteiger partial charge in [0.1, 0.15) is 11.9 Å². The zero-order chi connectivity index (χ0) is 12.5. The van der Waals surface area contributed by atoms with Crippen LogP contribution in [0, 0.1) is 0 Å². The quantitative estimate of drug-likeness (QED) is 0.765. The van der Waals surface area contributed by atoms with E-state index < -0.39 is 6.10 Å². The minimum Gasteiger partial charge on any atom is -0.447 e. The Morgan fingerprint density at radius 2 is 2.06 bits per heavy atom. The highest BCUT2D eigenvalue weighted by atomic mass is 35.5. The lowest BCUT2D eigenvalue weighted by molar-refractivity contribution is 0.189. The van der Waals surface area contributed by atoms with Gasteiger partial charge >= 0.3 is 0 Å². The molecule has 0 radical (unpaired) electrons. The first-order chi connectivity index (χ1) is 8.74. The third-order valence-corrected chi connectivity index (χ3v) is 3.01. The second kappa shape index (κ2) is 4.44. The Hall–Kier alpha value is -1.84. The monoisotopic (exact) mass is 259 g/mol. The Balaban J connectivity index is 2.03. The molecule has 2 aromatic heterocycles. The molecule has 3 rings (SSSR count). The molecule has 0 fully saturated rings. The number of aromatic nitrogens is 1. The molecule has 0 aliphatic heterocycles. The maximum Gasteiger partial charge on any atom is 0.193 e. The van der Waals surface area contributed by atoms with Gasteiger partial charge in [-0.3, -0.25) is 4.98 Å². The van der Waals surface area contributed by atoms with Crippen LogP contribution in [0.15, 0.2) is 53.1 Å². The Morgan fingerprint density at radius 1 is 1.17 bits per heavy atom. The van der Waals surface area contributed by atoms with Gasteiger partial charge in [-0.15, -0.1) is 0 Å². The SMILES string of the molecule is OC(c1ccc2ncccc2c1)c1ccc(Cl)o1. The molecule has 0 aliphatic carbocycles. The van der Waals surface area contributed by atoms with E-state index in [-0.39, 0.29) is 5.22 Å². The van der Waals surface area contributed by atoms with Crippen molar-refractivity contribution in [2.24, 2.45) is 0 Å². The van der Waals surface area contributed by atoms with Crippen LogP contribution in [-0.2, 0) is 0 Å². The summed E-state index contributed by atoms with van der Waals surface area (Å²) in [5.74, 6) is 0.434. The summed E-state index contributed by atoms with van der Waals surface area (Å²) < 4.78 is 5.21. The molecule has 1 aromatic carbocycles. The largest absolute Gasteiger partial charge is 0.447 e. The van der Waals surface area contributed by atoms with Crippen molar-refractivity contribution < 1.29 is 9.52 Å². The Labute approximate surface area is 109 Å². The normalized spacial score (nSPS) is 12.8. The highest BCUT2D eigenvalue weighted by Crippen LogP contribution is 2.27. The van der Waals surface area contributed by atoms with Gasteiger partial charge in [0.05, 0.1) is 5.52 Å². The van der Waals surface area contributed by atoms with E-state index >= 15 is 0 Å². The second-order valence-electron chi connectivity index (χ2n) is 4.00. The van der Waals surface area contributed by atoms with Crippen LogP contribution in [0.5, 0.6) is 0 Å². The Bertz CT molecular complexity index is 693. The van der Waals surface area contributed by atoms with Crippen molar-refractivity contribution in [1.29, 1.82) is 0 Å². The van der Waals surface area contributed by atoms with E-state index in [1.807, 2.05) is 30.3 Å². The molecule has 18 heavy (non-hydrogen) atoms. The maximum atomic E-state index is 10.2. The first-order valence-electron chi connectivity index (χ1n) is 5.52. The van der Waals surface area contributed by atoms with Gasteiger partial charge in [0.15, 0.2) is 5.22 Å². The van der Waals surface area contributed by atoms with Crippen molar-refractivity contribution in [1.82, 2.24) is 4.98 Å². The summed E-state index contributed by atoms with van der Waals surface area (Å²) in [4.78, 5) is 4.23. The fraction of sp³-hybridized carbons (Fsp3) is 0.0714. The fourth-order valence-corrected chi connectivity index (χ4v) is 2.06. The molecule has 0 aliphatic rings. The molecular weight excluding hydrogens is 250 g/mol. The van der Waals surface area contributed by atoms with E-state index in [2.05, 4.69) is 4.98 Å². The number of aliphatic hydroxyl groups excluding tert-OH is 1.